The van der Waals surface area contributed by atoms with Gasteiger partial charge in [-0.25, -0.2) is 0 Å². The van der Waals surface area contributed by atoms with Crippen LogP contribution in [0.4, 0.5) is 0 Å². The molecule has 1 unspecified atom stereocenters. The fourth-order valence-electron chi connectivity index (χ4n) is 6.20. The molecule has 1 atom stereocenters. The van der Waals surface area contributed by atoms with Gasteiger partial charge in [-0.05, 0) is 0 Å². The molecule has 0 aromatic heterocycles. The molecule has 0 aliphatic carbocycles. The van der Waals surface area contributed by atoms with E-state index in [0.29, 0.717) is 0 Å². The van der Waals surface area contributed by atoms with E-state index in [4.69, 9.17) is 0 Å². The van der Waals surface area contributed by atoms with Crippen LogP contribution >= 0.6 is 0 Å². The zero-order chi connectivity index (χ0) is 25.7. The van der Waals surface area contributed by atoms with Crippen LogP contribution in [0, 0.1) is 0 Å². The number of unbranched alkanes of at least 4 members (excludes halogenated alkanes) is 22. The molecule has 35 heavy (non-hydrogen) atoms. The molecule has 0 aromatic rings. The highest BCUT2D eigenvalue weighted by Gasteiger charge is 2.30. The first-order valence-electron chi connectivity index (χ1n) is 17.2. The second-order valence-electron chi connectivity index (χ2n) is 12.3. The van der Waals surface area contributed by atoms with E-state index in [0.717, 1.165) is 0 Å². The van der Waals surface area contributed by atoms with E-state index in [1.54, 1.807) is 43.4 Å². The lowest BCUT2D eigenvalue weighted by Gasteiger charge is -2.33. The molecule has 0 heterocycles. The first-order valence-corrected chi connectivity index (χ1v) is 20.1. The van der Waals surface area contributed by atoms with Gasteiger partial charge in [-0.2, -0.15) is 0 Å². The maximum absolute atomic E-state index is 2.42. The van der Waals surface area contributed by atoms with Gasteiger partial charge in [0.15, 0.2) is 0 Å². The van der Waals surface area contributed by atoms with E-state index in [1.165, 1.54) is 148 Å². The molecule has 0 nitrogen and oxygen atoms in total. The van der Waals surface area contributed by atoms with E-state index in [9.17, 15) is 0 Å². The Balaban J connectivity index is 4.16. The van der Waals surface area contributed by atoms with Gasteiger partial charge < -0.3 is 0 Å². The molecule has 0 rings (SSSR count). The van der Waals surface area contributed by atoms with Crippen molar-refractivity contribution in [3.05, 3.63) is 0 Å². The van der Waals surface area contributed by atoms with Crippen LogP contribution < -0.4 is 0 Å². The van der Waals surface area contributed by atoms with Crippen molar-refractivity contribution < 1.29 is 0 Å². The van der Waals surface area contributed by atoms with Crippen LogP contribution in [-0.2, 0) is 0 Å². The maximum atomic E-state index is 2.42. The van der Waals surface area contributed by atoms with Crippen molar-refractivity contribution in [3.8, 4) is 0 Å². The third-order valence-corrected chi connectivity index (χ3v) is 14.4. The summed E-state index contributed by atoms with van der Waals surface area (Å²) in [5.74, 6) is 0. The lowest BCUT2D eigenvalue weighted by molar-refractivity contribution is 0.537. The van der Waals surface area contributed by atoms with Gasteiger partial charge in [-0.1, -0.05) is 219 Å². The molecule has 0 bridgehead atoms. The van der Waals surface area contributed by atoms with E-state index in [1.807, 2.05) is 0 Å². The average molecular weight is 509 g/mol. The van der Waals surface area contributed by atoms with Crippen molar-refractivity contribution in [1.82, 2.24) is 0 Å². The Morgan fingerprint density at radius 3 is 0.714 bits per heavy atom. The maximum Gasteiger partial charge on any atom is 0.0535 e. The van der Waals surface area contributed by atoms with Gasteiger partial charge in [0.05, 0.1) is 8.07 Å². The van der Waals surface area contributed by atoms with Gasteiger partial charge in [-0.3, -0.25) is 0 Å². The summed E-state index contributed by atoms with van der Waals surface area (Å²) >= 11 is 0. The summed E-state index contributed by atoms with van der Waals surface area (Å²) in [6.45, 7) is 9.45. The first-order chi connectivity index (χ1) is 17.2. The average Bonchev–Trinajstić information content (AvgIpc) is 2.87. The van der Waals surface area contributed by atoms with Gasteiger partial charge >= 0.3 is 0 Å². The lowest BCUT2D eigenvalue weighted by Crippen LogP contribution is -2.33. The minimum Gasteiger partial charge on any atom is -0.0654 e. The highest BCUT2D eigenvalue weighted by molar-refractivity contribution is 6.79. The van der Waals surface area contributed by atoms with Crippen LogP contribution in [0.15, 0.2) is 0 Å². The minimum atomic E-state index is -1.04. The largest absolute Gasteiger partial charge is 0.0654 e. The minimum absolute atomic E-state index is 1.04. The zero-order valence-electron chi connectivity index (χ0n) is 25.7. The summed E-state index contributed by atoms with van der Waals surface area (Å²) < 4.78 is 0. The number of hydrogen-bond donors (Lipinski definition) is 0. The molecule has 0 aliphatic heterocycles. The Hall–Kier alpha value is 0.217. The monoisotopic (exact) mass is 509 g/mol. The number of hydrogen-bond acceptors (Lipinski definition) is 0. The highest BCUT2D eigenvalue weighted by Crippen LogP contribution is 2.34. The molecule has 0 N–H and O–H groups in total. The van der Waals surface area contributed by atoms with Crippen molar-refractivity contribution in [2.45, 2.75) is 219 Å². The molecule has 0 saturated heterocycles. The molecule has 0 radical (unpaired) electrons. The SMILES string of the molecule is CCCCCCCCCCCCCCCC[Si](CCCC)(CCCCCC)CCCCCCCC. The normalized spacial score (nSPS) is 13.4. The van der Waals surface area contributed by atoms with E-state index < -0.39 is 8.07 Å². The van der Waals surface area contributed by atoms with Crippen molar-refractivity contribution in [2.24, 2.45) is 0 Å². The Bertz CT molecular complexity index is 379. The van der Waals surface area contributed by atoms with Crippen molar-refractivity contribution in [2.75, 3.05) is 0 Å². The van der Waals surface area contributed by atoms with E-state index in [-0.39, 0.29) is 0 Å². The van der Waals surface area contributed by atoms with Crippen molar-refractivity contribution >= 4 is 8.07 Å². The Morgan fingerprint density at radius 2 is 0.429 bits per heavy atom. The van der Waals surface area contributed by atoms with Crippen LogP contribution in [0.5, 0.6) is 0 Å². The molecule has 1 heteroatoms. The Kier molecular flexibility index (Phi) is 29.0. The lowest BCUT2D eigenvalue weighted by atomic mass is 10.0. The summed E-state index contributed by atoms with van der Waals surface area (Å²) in [4.78, 5) is 0. The summed E-state index contributed by atoms with van der Waals surface area (Å²) in [5, 5.41) is 0. The quantitative estimate of drug-likeness (QED) is 0.0668. The zero-order valence-corrected chi connectivity index (χ0v) is 26.7. The topological polar surface area (TPSA) is 0 Å². The van der Waals surface area contributed by atoms with Gasteiger partial charge in [-0.15, -0.1) is 0 Å². The second-order valence-corrected chi connectivity index (χ2v) is 17.3. The predicted octanol–water partition coefficient (Wildman–Crippen LogP) is 13.7. The number of rotatable bonds is 30. The molecular formula is C34H72Si. The molecular weight excluding hydrogens is 436 g/mol. The summed E-state index contributed by atoms with van der Waals surface area (Å²) in [5.41, 5.74) is 0. The van der Waals surface area contributed by atoms with Crippen LogP contribution in [0.25, 0.3) is 0 Å². The fraction of sp³-hybridized carbons (Fsp3) is 1.00. The van der Waals surface area contributed by atoms with Gasteiger partial charge in [0, 0.05) is 0 Å². The van der Waals surface area contributed by atoms with E-state index in [2.05, 4.69) is 27.7 Å². The third kappa shape index (κ3) is 24.3. The molecule has 0 amide bonds. The second kappa shape index (κ2) is 28.8. The highest BCUT2D eigenvalue weighted by atomic mass is 28.3. The Labute approximate surface area is 226 Å². The summed E-state index contributed by atoms with van der Waals surface area (Å²) in [7, 11) is -1.04. The van der Waals surface area contributed by atoms with E-state index >= 15 is 0 Å². The fourth-order valence-corrected chi connectivity index (χ4v) is 11.8. The van der Waals surface area contributed by atoms with Crippen molar-refractivity contribution in [1.29, 1.82) is 0 Å². The van der Waals surface area contributed by atoms with Gasteiger partial charge in [0.2, 0.25) is 0 Å². The molecule has 212 valence electrons. The van der Waals surface area contributed by atoms with Crippen LogP contribution in [0.3, 0.4) is 0 Å². The molecule has 0 aliphatic rings. The standard InChI is InChI=1S/C34H72Si/c1-5-9-13-16-18-19-20-21-22-23-24-25-27-30-34-35(31-12-8-4,32-28-15-11-7-3)33-29-26-17-14-10-6-2/h5-34H2,1-4H3. The summed E-state index contributed by atoms with van der Waals surface area (Å²) in [6.07, 6.45) is 38.6. The first kappa shape index (κ1) is 35.2. The van der Waals surface area contributed by atoms with Gasteiger partial charge in [0.25, 0.3) is 0 Å². The molecule has 0 fully saturated rings. The van der Waals surface area contributed by atoms with Gasteiger partial charge in [0.1, 0.15) is 0 Å². The van der Waals surface area contributed by atoms with Crippen LogP contribution in [-0.4, -0.2) is 8.07 Å². The van der Waals surface area contributed by atoms with Crippen LogP contribution in [0.1, 0.15) is 195 Å². The molecule has 0 saturated carbocycles. The molecule has 0 spiro atoms. The molecule has 0 aromatic carbocycles. The third-order valence-electron chi connectivity index (χ3n) is 8.74. The smallest absolute Gasteiger partial charge is 0.0535 e. The Morgan fingerprint density at radius 1 is 0.229 bits per heavy atom. The van der Waals surface area contributed by atoms with Crippen molar-refractivity contribution in [3.63, 3.8) is 0 Å². The predicted molar refractivity (Wildman–Crippen MR) is 168 cm³/mol. The van der Waals surface area contributed by atoms with Crippen LogP contribution in [0.2, 0.25) is 24.2 Å². The summed E-state index contributed by atoms with van der Waals surface area (Å²) in [6, 6.07) is 6.67.